The minimum Gasteiger partial charge on any atom is -0.348 e. The number of fused-ring (bicyclic) bond motifs is 1. The Morgan fingerprint density at radius 2 is 2.00 bits per heavy atom. The van der Waals surface area contributed by atoms with Gasteiger partial charge >= 0.3 is 0 Å². The molecule has 5 nitrogen and oxygen atoms in total. The summed E-state index contributed by atoms with van der Waals surface area (Å²) in [5, 5.41) is 6.32. The van der Waals surface area contributed by atoms with Gasteiger partial charge in [0, 0.05) is 23.8 Å². The van der Waals surface area contributed by atoms with Gasteiger partial charge in [-0.1, -0.05) is 12.1 Å². The molecule has 1 unspecified atom stereocenters. The maximum absolute atomic E-state index is 12.3. The van der Waals surface area contributed by atoms with Gasteiger partial charge in [0.2, 0.25) is 0 Å². The molecule has 1 saturated heterocycles. The molecule has 0 bridgehead atoms. The second-order valence-electron chi connectivity index (χ2n) is 6.19. The van der Waals surface area contributed by atoms with Crippen LogP contribution in [0.25, 0.3) is 16.7 Å². The van der Waals surface area contributed by atoms with Gasteiger partial charge in [0.05, 0.1) is 11.0 Å². The fourth-order valence-electron chi connectivity index (χ4n) is 3.28. The first kappa shape index (κ1) is 14.9. The first-order chi connectivity index (χ1) is 11.7. The van der Waals surface area contributed by atoms with Crippen molar-refractivity contribution in [1.82, 2.24) is 20.2 Å². The lowest BCUT2D eigenvalue weighted by Crippen LogP contribution is -2.36. The van der Waals surface area contributed by atoms with E-state index in [0.29, 0.717) is 5.56 Å². The molecule has 2 heterocycles. The first-order valence-electron chi connectivity index (χ1n) is 8.28. The Hall–Kier alpha value is -2.66. The Bertz CT molecular complexity index is 876. The fourth-order valence-corrected chi connectivity index (χ4v) is 3.28. The highest BCUT2D eigenvalue weighted by Crippen LogP contribution is 2.21. The fraction of sp³-hybridized carbons (Fsp3) is 0.263. The number of nitrogens with zero attached hydrogens (tertiary/aromatic N) is 2. The summed E-state index contributed by atoms with van der Waals surface area (Å²) < 4.78 is 2.11. The third kappa shape index (κ3) is 2.67. The van der Waals surface area contributed by atoms with Crippen molar-refractivity contribution in [2.75, 3.05) is 13.1 Å². The molecule has 1 aromatic heterocycles. The van der Waals surface area contributed by atoms with Crippen molar-refractivity contribution in [3.8, 4) is 5.69 Å². The highest BCUT2D eigenvalue weighted by Gasteiger charge is 2.17. The molecule has 2 N–H and O–H groups in total. The Labute approximate surface area is 140 Å². The monoisotopic (exact) mass is 320 g/mol. The summed E-state index contributed by atoms with van der Waals surface area (Å²) in [5.74, 6) is 0.924. The van der Waals surface area contributed by atoms with E-state index in [0.717, 1.165) is 42.1 Å². The summed E-state index contributed by atoms with van der Waals surface area (Å²) in [6.45, 7) is 3.81. The summed E-state index contributed by atoms with van der Waals surface area (Å²) in [5.41, 5.74) is 3.75. The lowest BCUT2D eigenvalue weighted by molar-refractivity contribution is 0.0940. The maximum Gasteiger partial charge on any atom is 0.251 e. The van der Waals surface area contributed by atoms with E-state index >= 15 is 0 Å². The zero-order valence-electron chi connectivity index (χ0n) is 13.6. The molecule has 1 aliphatic heterocycles. The van der Waals surface area contributed by atoms with Crippen LogP contribution in [0.4, 0.5) is 0 Å². The molecule has 0 spiro atoms. The van der Waals surface area contributed by atoms with Gasteiger partial charge in [-0.2, -0.15) is 0 Å². The Balaban J connectivity index is 1.61. The van der Waals surface area contributed by atoms with Gasteiger partial charge in [-0.25, -0.2) is 4.98 Å². The number of carbonyl (C=O) groups excluding carboxylic acids is 1. The lowest BCUT2D eigenvalue weighted by Gasteiger charge is -2.12. The number of hydrogen-bond acceptors (Lipinski definition) is 3. The molecule has 1 amide bonds. The van der Waals surface area contributed by atoms with E-state index in [1.807, 2.05) is 49.4 Å². The van der Waals surface area contributed by atoms with Crippen molar-refractivity contribution in [3.63, 3.8) is 0 Å². The van der Waals surface area contributed by atoms with Gasteiger partial charge in [-0.3, -0.25) is 9.36 Å². The molecule has 4 rings (SSSR count). The largest absolute Gasteiger partial charge is 0.348 e. The van der Waals surface area contributed by atoms with Gasteiger partial charge in [0.1, 0.15) is 5.82 Å². The molecule has 0 radical (unpaired) electrons. The van der Waals surface area contributed by atoms with E-state index in [9.17, 15) is 4.79 Å². The van der Waals surface area contributed by atoms with Gasteiger partial charge in [0.25, 0.3) is 5.91 Å². The summed E-state index contributed by atoms with van der Waals surface area (Å²) in [7, 11) is 0. The van der Waals surface area contributed by atoms with Crippen LogP contribution < -0.4 is 10.6 Å². The molecular weight excluding hydrogens is 300 g/mol. The molecule has 5 heteroatoms. The van der Waals surface area contributed by atoms with Gasteiger partial charge < -0.3 is 10.6 Å². The first-order valence-corrected chi connectivity index (χ1v) is 8.28. The molecule has 1 aliphatic rings. The number of imidazole rings is 1. The van der Waals surface area contributed by atoms with Crippen LogP contribution >= 0.6 is 0 Å². The van der Waals surface area contributed by atoms with Crippen molar-refractivity contribution in [1.29, 1.82) is 0 Å². The second-order valence-corrected chi connectivity index (χ2v) is 6.19. The van der Waals surface area contributed by atoms with Crippen LogP contribution in [0.15, 0.2) is 48.5 Å². The summed E-state index contributed by atoms with van der Waals surface area (Å²) in [6.07, 6.45) is 0.990. The van der Waals surface area contributed by atoms with Gasteiger partial charge in [-0.05, 0) is 56.3 Å². The van der Waals surface area contributed by atoms with E-state index in [2.05, 4.69) is 26.3 Å². The number of benzene rings is 2. The number of hydrogen-bond donors (Lipinski definition) is 2. The number of carbonyl (C=O) groups is 1. The van der Waals surface area contributed by atoms with E-state index in [-0.39, 0.29) is 11.9 Å². The van der Waals surface area contributed by atoms with Gasteiger partial charge in [0.15, 0.2) is 0 Å². The minimum absolute atomic E-state index is 0.0116. The molecular formula is C19H20N4O. The van der Waals surface area contributed by atoms with Crippen LogP contribution in [-0.4, -0.2) is 34.6 Å². The molecule has 1 fully saturated rings. The predicted octanol–water partition coefficient (Wildman–Crippen LogP) is 2.43. The molecule has 24 heavy (non-hydrogen) atoms. The normalized spacial score (nSPS) is 17.3. The van der Waals surface area contributed by atoms with Crippen LogP contribution in [0, 0.1) is 6.92 Å². The average molecular weight is 320 g/mol. The number of nitrogens with one attached hydrogen (secondary N) is 2. The van der Waals surface area contributed by atoms with Crippen molar-refractivity contribution >= 4 is 16.9 Å². The summed E-state index contributed by atoms with van der Waals surface area (Å²) in [4.78, 5) is 16.9. The van der Waals surface area contributed by atoms with Crippen LogP contribution in [0.3, 0.4) is 0 Å². The Morgan fingerprint density at radius 1 is 1.21 bits per heavy atom. The van der Waals surface area contributed by atoms with E-state index in [1.165, 1.54) is 0 Å². The third-order valence-electron chi connectivity index (χ3n) is 4.51. The third-order valence-corrected chi connectivity index (χ3v) is 4.51. The Kier molecular flexibility index (Phi) is 3.78. The molecule has 122 valence electrons. The van der Waals surface area contributed by atoms with Crippen LogP contribution in [-0.2, 0) is 0 Å². The van der Waals surface area contributed by atoms with Crippen LogP contribution in [0.2, 0.25) is 0 Å². The second kappa shape index (κ2) is 6.09. The summed E-state index contributed by atoms with van der Waals surface area (Å²) in [6, 6.07) is 16.0. The molecule has 1 atom stereocenters. The highest BCUT2D eigenvalue weighted by atomic mass is 16.1. The topological polar surface area (TPSA) is 59.0 Å². The Morgan fingerprint density at radius 3 is 2.75 bits per heavy atom. The minimum atomic E-state index is -0.0116. The maximum atomic E-state index is 12.3. The zero-order chi connectivity index (χ0) is 16.5. The lowest BCUT2D eigenvalue weighted by atomic mass is 10.1. The number of rotatable bonds is 3. The van der Waals surface area contributed by atoms with E-state index < -0.39 is 0 Å². The van der Waals surface area contributed by atoms with Gasteiger partial charge in [-0.15, -0.1) is 0 Å². The SMILES string of the molecule is Cc1nc2ccccc2n1-c1ccc(C(=O)NC2CCNC2)cc1. The predicted molar refractivity (Wildman–Crippen MR) is 94.5 cm³/mol. The van der Waals surface area contributed by atoms with Crippen molar-refractivity contribution in [3.05, 3.63) is 59.9 Å². The number of amides is 1. The summed E-state index contributed by atoms with van der Waals surface area (Å²) >= 11 is 0. The van der Waals surface area contributed by atoms with Crippen LogP contribution in [0.5, 0.6) is 0 Å². The quantitative estimate of drug-likeness (QED) is 0.779. The van der Waals surface area contributed by atoms with E-state index in [4.69, 9.17) is 0 Å². The van der Waals surface area contributed by atoms with Crippen molar-refractivity contribution < 1.29 is 4.79 Å². The highest BCUT2D eigenvalue weighted by molar-refractivity contribution is 5.94. The molecule has 3 aromatic rings. The zero-order valence-corrected chi connectivity index (χ0v) is 13.6. The van der Waals surface area contributed by atoms with E-state index in [1.54, 1.807) is 0 Å². The van der Waals surface area contributed by atoms with Crippen molar-refractivity contribution in [2.24, 2.45) is 0 Å². The number of aromatic nitrogens is 2. The number of para-hydroxylation sites is 2. The van der Waals surface area contributed by atoms with Crippen molar-refractivity contribution in [2.45, 2.75) is 19.4 Å². The molecule has 2 aromatic carbocycles. The average Bonchev–Trinajstić information content (AvgIpc) is 3.21. The molecule has 0 saturated carbocycles. The number of aryl methyl sites for hydroxylation is 1. The van der Waals surface area contributed by atoms with Crippen LogP contribution in [0.1, 0.15) is 22.6 Å². The smallest absolute Gasteiger partial charge is 0.251 e. The molecule has 0 aliphatic carbocycles. The standard InChI is InChI=1S/C19H20N4O/c1-13-21-17-4-2-3-5-18(17)23(13)16-8-6-14(7-9-16)19(24)22-15-10-11-20-12-15/h2-9,15,20H,10-12H2,1H3,(H,22,24).